The summed E-state index contributed by atoms with van der Waals surface area (Å²) in [6, 6.07) is 16.7. The molecule has 0 bridgehead atoms. The van der Waals surface area contributed by atoms with Crippen molar-refractivity contribution in [3.63, 3.8) is 0 Å². The van der Waals surface area contributed by atoms with Gasteiger partial charge >= 0.3 is 0 Å². The van der Waals surface area contributed by atoms with Crippen LogP contribution in [0.2, 0.25) is 0 Å². The minimum atomic E-state index is -0.802. The summed E-state index contributed by atoms with van der Waals surface area (Å²) in [4.78, 5) is 16.5. The van der Waals surface area contributed by atoms with Crippen molar-refractivity contribution in [3.8, 4) is 11.3 Å². The van der Waals surface area contributed by atoms with Crippen LogP contribution in [0.4, 0.5) is 5.69 Å². The third kappa shape index (κ3) is 4.07. The molecule has 122 valence electrons. The summed E-state index contributed by atoms with van der Waals surface area (Å²) in [6.07, 6.45) is -0.778. The lowest BCUT2D eigenvalue weighted by Crippen LogP contribution is -2.15. The first kappa shape index (κ1) is 16.4. The first-order chi connectivity index (χ1) is 11.6. The number of aromatic nitrogens is 1. The Morgan fingerprint density at radius 1 is 1.17 bits per heavy atom. The molecule has 5 heteroatoms. The van der Waals surface area contributed by atoms with E-state index in [0.717, 1.165) is 21.8 Å². The van der Waals surface area contributed by atoms with Crippen LogP contribution in [0.3, 0.4) is 0 Å². The van der Waals surface area contributed by atoms with E-state index in [9.17, 15) is 9.90 Å². The van der Waals surface area contributed by atoms with Gasteiger partial charge in [-0.1, -0.05) is 42.5 Å². The van der Waals surface area contributed by atoms with E-state index in [0.29, 0.717) is 5.69 Å². The number of benzene rings is 2. The Hall–Kier alpha value is -2.50. The topological polar surface area (TPSA) is 62.2 Å². The molecule has 0 aliphatic heterocycles. The predicted molar refractivity (Wildman–Crippen MR) is 96.9 cm³/mol. The van der Waals surface area contributed by atoms with Gasteiger partial charge in [-0.2, -0.15) is 0 Å². The smallest absolute Gasteiger partial charge is 0.227 e. The molecule has 2 N–H and O–H groups in total. The van der Waals surface area contributed by atoms with E-state index in [4.69, 9.17) is 0 Å². The number of hydrogen-bond acceptors (Lipinski definition) is 4. The zero-order chi connectivity index (χ0) is 16.9. The third-order valence-electron chi connectivity index (χ3n) is 3.65. The largest absolute Gasteiger partial charge is 0.388 e. The Bertz CT molecular complexity index is 813. The number of rotatable bonds is 5. The zero-order valence-electron chi connectivity index (χ0n) is 13.3. The molecule has 0 aliphatic rings. The molecule has 1 aromatic heterocycles. The second-order valence-electron chi connectivity index (χ2n) is 5.51. The van der Waals surface area contributed by atoms with Crippen LogP contribution in [0.5, 0.6) is 0 Å². The van der Waals surface area contributed by atoms with Crippen molar-refractivity contribution >= 4 is 22.9 Å². The number of carbonyl (C=O) groups is 1. The summed E-state index contributed by atoms with van der Waals surface area (Å²) in [5.74, 6) is -0.219. The molecule has 2 aromatic carbocycles. The number of aryl methyl sites for hydroxylation is 1. The number of nitrogens with zero attached hydrogens (tertiary/aromatic N) is 1. The van der Waals surface area contributed by atoms with Crippen LogP contribution in [-0.4, -0.2) is 16.0 Å². The van der Waals surface area contributed by atoms with Gasteiger partial charge in [-0.3, -0.25) is 4.79 Å². The van der Waals surface area contributed by atoms with Crippen molar-refractivity contribution < 1.29 is 9.90 Å². The minimum Gasteiger partial charge on any atom is -0.388 e. The molecule has 1 unspecified atom stereocenters. The number of anilines is 1. The van der Waals surface area contributed by atoms with Gasteiger partial charge in [-0.05, 0) is 24.6 Å². The summed E-state index contributed by atoms with van der Waals surface area (Å²) < 4.78 is 0. The summed E-state index contributed by atoms with van der Waals surface area (Å²) in [5, 5.41) is 15.9. The fraction of sp³-hybridized carbons (Fsp3) is 0.158. The molecule has 1 amide bonds. The maximum absolute atomic E-state index is 12.1. The normalized spacial score (nSPS) is 11.9. The van der Waals surface area contributed by atoms with Crippen LogP contribution >= 0.6 is 11.3 Å². The van der Waals surface area contributed by atoms with Gasteiger partial charge < -0.3 is 10.4 Å². The molecule has 0 aliphatic carbocycles. The third-order valence-corrected chi connectivity index (χ3v) is 4.42. The summed E-state index contributed by atoms with van der Waals surface area (Å²) in [7, 11) is 0. The van der Waals surface area contributed by atoms with E-state index >= 15 is 0 Å². The Morgan fingerprint density at radius 3 is 2.50 bits per heavy atom. The lowest BCUT2D eigenvalue weighted by atomic mass is 10.1. The Balaban J connectivity index is 1.60. The molecule has 0 saturated heterocycles. The number of hydrogen-bond donors (Lipinski definition) is 2. The van der Waals surface area contributed by atoms with Crippen molar-refractivity contribution in [3.05, 3.63) is 70.5 Å². The second-order valence-corrected chi connectivity index (χ2v) is 6.57. The summed E-state index contributed by atoms with van der Waals surface area (Å²) in [6.45, 7) is 1.97. The standard InChI is InChI=1S/C19H18N2O2S/c1-13-20-17(12-24-13)14-7-9-16(10-8-14)21-19(23)11-18(22)15-5-3-2-4-6-15/h2-10,12,18,22H,11H2,1H3,(H,21,23). The molecule has 3 aromatic rings. The minimum absolute atomic E-state index is 0.0248. The zero-order valence-corrected chi connectivity index (χ0v) is 14.1. The molecular formula is C19H18N2O2S. The Kier molecular flexibility index (Phi) is 5.03. The van der Waals surface area contributed by atoms with Crippen molar-refractivity contribution in [2.45, 2.75) is 19.4 Å². The van der Waals surface area contributed by atoms with E-state index in [1.54, 1.807) is 11.3 Å². The highest BCUT2D eigenvalue weighted by Gasteiger charge is 2.13. The SMILES string of the molecule is Cc1nc(-c2ccc(NC(=O)CC(O)c3ccccc3)cc2)cs1. The monoisotopic (exact) mass is 338 g/mol. The highest BCUT2D eigenvalue weighted by Crippen LogP contribution is 2.23. The molecule has 4 nitrogen and oxygen atoms in total. The molecule has 24 heavy (non-hydrogen) atoms. The number of carbonyl (C=O) groups excluding carboxylic acids is 1. The van der Waals surface area contributed by atoms with Crippen LogP contribution in [-0.2, 0) is 4.79 Å². The maximum atomic E-state index is 12.1. The van der Waals surface area contributed by atoms with Crippen molar-refractivity contribution in [1.82, 2.24) is 4.98 Å². The maximum Gasteiger partial charge on any atom is 0.227 e. The molecule has 0 saturated carbocycles. The molecule has 1 atom stereocenters. The van der Waals surface area contributed by atoms with Gasteiger partial charge in [0, 0.05) is 16.6 Å². The van der Waals surface area contributed by atoms with Gasteiger partial charge in [0.25, 0.3) is 0 Å². The first-order valence-electron chi connectivity index (χ1n) is 7.67. The predicted octanol–water partition coefficient (Wildman–Crippen LogP) is 4.18. The molecule has 0 radical (unpaired) electrons. The number of amides is 1. The molecule has 3 rings (SSSR count). The van der Waals surface area contributed by atoms with Gasteiger partial charge in [-0.25, -0.2) is 4.98 Å². The lowest BCUT2D eigenvalue weighted by molar-refractivity contribution is -0.118. The van der Waals surface area contributed by atoms with E-state index in [-0.39, 0.29) is 12.3 Å². The van der Waals surface area contributed by atoms with E-state index in [1.807, 2.05) is 66.9 Å². The fourth-order valence-corrected chi connectivity index (χ4v) is 3.02. The Labute approximate surface area is 144 Å². The quantitative estimate of drug-likeness (QED) is 0.733. The molecule has 0 fully saturated rings. The van der Waals surface area contributed by atoms with E-state index in [2.05, 4.69) is 10.3 Å². The number of nitrogens with one attached hydrogen (secondary N) is 1. The number of aliphatic hydroxyl groups excluding tert-OH is 1. The van der Waals surface area contributed by atoms with Crippen molar-refractivity contribution in [2.75, 3.05) is 5.32 Å². The average Bonchev–Trinajstić information content (AvgIpc) is 3.02. The average molecular weight is 338 g/mol. The van der Waals surface area contributed by atoms with Gasteiger partial charge in [0.1, 0.15) is 0 Å². The highest BCUT2D eigenvalue weighted by molar-refractivity contribution is 7.09. The lowest BCUT2D eigenvalue weighted by Gasteiger charge is -2.11. The first-order valence-corrected chi connectivity index (χ1v) is 8.55. The van der Waals surface area contributed by atoms with Gasteiger partial charge in [0.2, 0.25) is 5.91 Å². The van der Waals surface area contributed by atoms with Crippen LogP contribution in [0, 0.1) is 6.92 Å². The molecule has 0 spiro atoms. The Morgan fingerprint density at radius 2 is 1.88 bits per heavy atom. The summed E-state index contributed by atoms with van der Waals surface area (Å²) in [5.41, 5.74) is 3.40. The van der Waals surface area contributed by atoms with Crippen LogP contribution in [0.25, 0.3) is 11.3 Å². The van der Waals surface area contributed by atoms with Crippen molar-refractivity contribution in [1.29, 1.82) is 0 Å². The van der Waals surface area contributed by atoms with Crippen LogP contribution in [0.1, 0.15) is 23.1 Å². The number of aliphatic hydroxyl groups is 1. The van der Waals surface area contributed by atoms with E-state index in [1.165, 1.54) is 0 Å². The van der Waals surface area contributed by atoms with Crippen LogP contribution < -0.4 is 5.32 Å². The number of thiazole rings is 1. The van der Waals surface area contributed by atoms with Crippen molar-refractivity contribution in [2.24, 2.45) is 0 Å². The van der Waals surface area contributed by atoms with Gasteiger partial charge in [0.05, 0.1) is 23.2 Å². The molecular weight excluding hydrogens is 320 g/mol. The summed E-state index contributed by atoms with van der Waals surface area (Å²) >= 11 is 1.61. The van der Waals surface area contributed by atoms with Gasteiger partial charge in [0.15, 0.2) is 0 Å². The highest BCUT2D eigenvalue weighted by atomic mass is 32.1. The fourth-order valence-electron chi connectivity index (χ4n) is 2.40. The van der Waals surface area contributed by atoms with Crippen LogP contribution in [0.15, 0.2) is 60.0 Å². The van der Waals surface area contributed by atoms with E-state index < -0.39 is 6.10 Å². The molecule has 1 heterocycles. The van der Waals surface area contributed by atoms with Gasteiger partial charge in [-0.15, -0.1) is 11.3 Å². The second kappa shape index (κ2) is 7.38.